The predicted molar refractivity (Wildman–Crippen MR) is 82.1 cm³/mol. The molecule has 2 N–H and O–H groups in total. The smallest absolute Gasteiger partial charge is 0.226 e. The molecule has 1 aliphatic rings. The zero-order valence-corrected chi connectivity index (χ0v) is 13.2. The van der Waals surface area contributed by atoms with Crippen LogP contribution >= 0.6 is 0 Å². The molecule has 0 saturated carbocycles. The van der Waals surface area contributed by atoms with Crippen molar-refractivity contribution >= 4 is 5.91 Å². The van der Waals surface area contributed by atoms with E-state index in [2.05, 4.69) is 15.4 Å². The maximum atomic E-state index is 12.5. The van der Waals surface area contributed by atoms with Crippen molar-refractivity contribution in [3.05, 3.63) is 41.0 Å². The van der Waals surface area contributed by atoms with E-state index in [0.717, 1.165) is 29.1 Å². The summed E-state index contributed by atoms with van der Waals surface area (Å²) in [4.78, 5) is 15.6. The maximum Gasteiger partial charge on any atom is 0.226 e. The third-order valence-electron chi connectivity index (χ3n) is 4.39. The van der Waals surface area contributed by atoms with Crippen molar-refractivity contribution in [2.45, 2.75) is 32.9 Å². The lowest BCUT2D eigenvalue weighted by Gasteiger charge is -2.19. The van der Waals surface area contributed by atoms with Gasteiger partial charge in [-0.05, 0) is 32.4 Å². The molecule has 2 atom stereocenters. The van der Waals surface area contributed by atoms with E-state index < -0.39 is 0 Å². The van der Waals surface area contributed by atoms with Gasteiger partial charge in [-0.25, -0.2) is 0 Å². The summed E-state index contributed by atoms with van der Waals surface area (Å²) >= 11 is 0. The molecule has 2 aromatic rings. The average molecular weight is 302 g/mol. The highest BCUT2D eigenvalue weighted by Crippen LogP contribution is 2.37. The van der Waals surface area contributed by atoms with Crippen LogP contribution in [0.1, 0.15) is 35.2 Å². The van der Waals surface area contributed by atoms with Gasteiger partial charge in [0.15, 0.2) is 0 Å². The molecule has 0 aliphatic carbocycles. The van der Waals surface area contributed by atoms with Crippen molar-refractivity contribution in [1.29, 1.82) is 0 Å². The first kappa shape index (κ1) is 14.8. The van der Waals surface area contributed by atoms with E-state index in [1.807, 2.05) is 43.9 Å². The maximum absolute atomic E-state index is 12.5. The molecule has 3 heterocycles. The standard InChI is InChI=1S/C16H22N4O2/c1-10-14(11(2)20(3)19-10)15-13(6-8-22-15)16(21)18-9-12-5-4-7-17-12/h4-5,7,13,15,17H,6,8-9H2,1-3H3,(H,18,21)/t13-,15-/m0/s1. The van der Waals surface area contributed by atoms with Crippen molar-refractivity contribution in [2.24, 2.45) is 13.0 Å². The van der Waals surface area contributed by atoms with Gasteiger partial charge in [0.2, 0.25) is 5.91 Å². The fourth-order valence-corrected chi connectivity index (χ4v) is 3.14. The Labute approximate surface area is 129 Å². The highest BCUT2D eigenvalue weighted by Gasteiger charge is 2.37. The van der Waals surface area contributed by atoms with Crippen molar-refractivity contribution in [3.8, 4) is 0 Å². The van der Waals surface area contributed by atoms with Gasteiger partial charge in [0.05, 0.1) is 24.3 Å². The molecular formula is C16H22N4O2. The number of amides is 1. The van der Waals surface area contributed by atoms with Crippen molar-refractivity contribution in [1.82, 2.24) is 20.1 Å². The lowest BCUT2D eigenvalue weighted by Crippen LogP contribution is -2.32. The summed E-state index contributed by atoms with van der Waals surface area (Å²) in [7, 11) is 1.92. The van der Waals surface area contributed by atoms with Gasteiger partial charge in [0.25, 0.3) is 0 Å². The van der Waals surface area contributed by atoms with Crippen LogP contribution in [0.15, 0.2) is 18.3 Å². The van der Waals surface area contributed by atoms with Crippen LogP contribution in [0, 0.1) is 19.8 Å². The SMILES string of the molecule is Cc1nn(C)c(C)c1[C@H]1OCC[C@@H]1C(=O)NCc1ccc[nH]1. The third-order valence-corrected chi connectivity index (χ3v) is 4.39. The Morgan fingerprint density at radius 1 is 1.55 bits per heavy atom. The molecule has 2 aromatic heterocycles. The molecule has 3 rings (SSSR count). The van der Waals surface area contributed by atoms with Gasteiger partial charge in [0, 0.05) is 36.8 Å². The van der Waals surface area contributed by atoms with E-state index in [0.29, 0.717) is 13.2 Å². The van der Waals surface area contributed by atoms with Crippen LogP contribution in [0.3, 0.4) is 0 Å². The molecule has 6 nitrogen and oxygen atoms in total. The first-order valence-corrected chi connectivity index (χ1v) is 7.59. The van der Waals surface area contributed by atoms with Crippen LogP contribution in [-0.2, 0) is 23.1 Å². The normalized spacial score (nSPS) is 21.2. The fraction of sp³-hybridized carbons (Fsp3) is 0.500. The number of hydrogen-bond donors (Lipinski definition) is 2. The van der Waals surface area contributed by atoms with Crippen LogP contribution < -0.4 is 5.32 Å². The Kier molecular flexibility index (Phi) is 4.02. The van der Waals surface area contributed by atoms with Gasteiger partial charge in [-0.15, -0.1) is 0 Å². The molecule has 0 spiro atoms. The Morgan fingerprint density at radius 2 is 2.36 bits per heavy atom. The number of aromatic amines is 1. The van der Waals surface area contributed by atoms with Gasteiger partial charge in [0.1, 0.15) is 0 Å². The number of ether oxygens (including phenoxy) is 1. The molecule has 1 saturated heterocycles. The molecule has 6 heteroatoms. The molecule has 0 unspecified atom stereocenters. The Balaban J connectivity index is 1.73. The number of carbonyl (C=O) groups excluding carboxylic acids is 1. The van der Waals surface area contributed by atoms with Crippen LogP contribution in [0.25, 0.3) is 0 Å². The number of nitrogens with zero attached hydrogens (tertiary/aromatic N) is 2. The zero-order chi connectivity index (χ0) is 15.7. The Morgan fingerprint density at radius 3 is 3.00 bits per heavy atom. The van der Waals surface area contributed by atoms with Gasteiger partial charge in [-0.1, -0.05) is 0 Å². The first-order valence-electron chi connectivity index (χ1n) is 7.59. The predicted octanol–water partition coefficient (Wildman–Crippen LogP) is 1.76. The van der Waals surface area contributed by atoms with E-state index in [9.17, 15) is 4.79 Å². The number of rotatable bonds is 4. The van der Waals surface area contributed by atoms with E-state index in [1.165, 1.54) is 0 Å². The van der Waals surface area contributed by atoms with E-state index in [4.69, 9.17) is 4.74 Å². The molecule has 1 fully saturated rings. The molecule has 1 amide bonds. The number of H-pyrrole nitrogens is 1. The number of carbonyl (C=O) groups is 1. The Bertz CT molecular complexity index is 660. The summed E-state index contributed by atoms with van der Waals surface area (Å²) in [5, 5.41) is 7.43. The summed E-state index contributed by atoms with van der Waals surface area (Å²) in [6.07, 6.45) is 2.40. The molecule has 0 radical (unpaired) electrons. The summed E-state index contributed by atoms with van der Waals surface area (Å²) < 4.78 is 7.71. The van der Waals surface area contributed by atoms with Crippen LogP contribution in [0.5, 0.6) is 0 Å². The van der Waals surface area contributed by atoms with E-state index in [-0.39, 0.29) is 17.9 Å². The molecule has 0 bridgehead atoms. The number of nitrogens with one attached hydrogen (secondary N) is 2. The van der Waals surface area contributed by atoms with Crippen molar-refractivity contribution in [2.75, 3.05) is 6.61 Å². The van der Waals surface area contributed by atoms with E-state index in [1.54, 1.807) is 0 Å². The first-order chi connectivity index (χ1) is 10.6. The molecule has 0 aromatic carbocycles. The summed E-state index contributed by atoms with van der Waals surface area (Å²) in [6.45, 7) is 5.11. The highest BCUT2D eigenvalue weighted by molar-refractivity contribution is 5.79. The van der Waals surface area contributed by atoms with Gasteiger partial charge in [-0.2, -0.15) is 5.10 Å². The molecular weight excluding hydrogens is 280 g/mol. The molecule has 1 aliphatic heterocycles. The minimum Gasteiger partial charge on any atom is -0.373 e. The highest BCUT2D eigenvalue weighted by atomic mass is 16.5. The summed E-state index contributed by atoms with van der Waals surface area (Å²) in [5.74, 6) is -0.115. The lowest BCUT2D eigenvalue weighted by atomic mass is 9.93. The minimum absolute atomic E-state index is 0.0414. The minimum atomic E-state index is -0.197. The molecule has 22 heavy (non-hydrogen) atoms. The largest absolute Gasteiger partial charge is 0.373 e. The zero-order valence-electron chi connectivity index (χ0n) is 13.2. The monoisotopic (exact) mass is 302 g/mol. The summed E-state index contributed by atoms with van der Waals surface area (Å²) in [5.41, 5.74) is 4.05. The Hall–Kier alpha value is -2.08. The quantitative estimate of drug-likeness (QED) is 0.904. The number of aryl methyl sites for hydroxylation is 2. The van der Waals surface area contributed by atoms with Crippen LogP contribution in [0.4, 0.5) is 0 Å². The second-order valence-electron chi connectivity index (χ2n) is 5.81. The van der Waals surface area contributed by atoms with Crippen molar-refractivity contribution < 1.29 is 9.53 Å². The van der Waals surface area contributed by atoms with E-state index >= 15 is 0 Å². The van der Waals surface area contributed by atoms with Crippen molar-refractivity contribution in [3.63, 3.8) is 0 Å². The third kappa shape index (κ3) is 2.66. The number of aromatic nitrogens is 3. The second-order valence-corrected chi connectivity index (χ2v) is 5.81. The average Bonchev–Trinajstić information content (AvgIpc) is 3.19. The second kappa shape index (κ2) is 5.96. The topological polar surface area (TPSA) is 71.9 Å². The fourth-order valence-electron chi connectivity index (χ4n) is 3.14. The van der Waals surface area contributed by atoms with Crippen LogP contribution in [0.2, 0.25) is 0 Å². The summed E-state index contributed by atoms with van der Waals surface area (Å²) in [6, 6.07) is 3.88. The van der Waals surface area contributed by atoms with Crippen LogP contribution in [-0.4, -0.2) is 27.3 Å². The van der Waals surface area contributed by atoms with Gasteiger partial charge >= 0.3 is 0 Å². The van der Waals surface area contributed by atoms with Gasteiger partial charge in [-0.3, -0.25) is 9.48 Å². The van der Waals surface area contributed by atoms with Gasteiger partial charge < -0.3 is 15.0 Å². The molecule has 118 valence electrons. The lowest BCUT2D eigenvalue weighted by molar-refractivity contribution is -0.127. The number of hydrogen-bond acceptors (Lipinski definition) is 3.